The van der Waals surface area contributed by atoms with Gasteiger partial charge in [-0.25, -0.2) is 4.79 Å². The van der Waals surface area contributed by atoms with Gasteiger partial charge in [0.15, 0.2) is 0 Å². The Balaban J connectivity index is 1.66. The van der Waals surface area contributed by atoms with E-state index in [0.29, 0.717) is 0 Å². The number of aromatic carboxylic acids is 1. The molecule has 0 unspecified atom stereocenters. The van der Waals surface area contributed by atoms with Crippen LogP contribution in [0.4, 0.5) is 0 Å². The SMILES string of the molecule is COc1cc(CCCN2CCOCC2)ccc1-c1ccc(C(=O)O)cc1. The Hall–Kier alpha value is -2.37. The van der Waals surface area contributed by atoms with Crippen LogP contribution in [0, 0.1) is 0 Å². The first-order valence-corrected chi connectivity index (χ1v) is 8.98. The molecule has 26 heavy (non-hydrogen) atoms. The molecule has 0 radical (unpaired) electrons. The zero-order chi connectivity index (χ0) is 18.4. The molecule has 1 aliphatic rings. The molecule has 3 rings (SSSR count). The smallest absolute Gasteiger partial charge is 0.335 e. The number of methoxy groups -OCH3 is 1. The summed E-state index contributed by atoms with van der Waals surface area (Å²) < 4.78 is 11.0. The number of carboxylic acids is 1. The molecule has 2 aromatic rings. The summed E-state index contributed by atoms with van der Waals surface area (Å²) in [6.45, 7) is 4.81. The Kier molecular flexibility index (Phi) is 6.26. The monoisotopic (exact) mass is 355 g/mol. The zero-order valence-electron chi connectivity index (χ0n) is 15.1. The van der Waals surface area contributed by atoms with Crippen molar-refractivity contribution in [1.82, 2.24) is 4.90 Å². The number of hydrogen-bond donors (Lipinski definition) is 1. The first-order valence-electron chi connectivity index (χ1n) is 8.98. The quantitative estimate of drug-likeness (QED) is 0.826. The molecule has 0 amide bonds. The molecule has 0 bridgehead atoms. The van der Waals surface area contributed by atoms with Gasteiger partial charge in [0.05, 0.1) is 25.9 Å². The molecule has 0 aliphatic carbocycles. The largest absolute Gasteiger partial charge is 0.496 e. The maximum atomic E-state index is 11.0. The van der Waals surface area contributed by atoms with Crippen molar-refractivity contribution in [2.24, 2.45) is 0 Å². The van der Waals surface area contributed by atoms with Crippen LogP contribution in [0.3, 0.4) is 0 Å². The molecule has 138 valence electrons. The predicted molar refractivity (Wildman–Crippen MR) is 101 cm³/mol. The highest BCUT2D eigenvalue weighted by Crippen LogP contribution is 2.31. The van der Waals surface area contributed by atoms with Gasteiger partial charge in [0.25, 0.3) is 0 Å². The van der Waals surface area contributed by atoms with Crippen LogP contribution in [0.5, 0.6) is 5.75 Å². The highest BCUT2D eigenvalue weighted by molar-refractivity contribution is 5.88. The van der Waals surface area contributed by atoms with E-state index in [0.717, 1.165) is 62.6 Å². The van der Waals surface area contributed by atoms with E-state index >= 15 is 0 Å². The van der Waals surface area contributed by atoms with E-state index in [1.807, 2.05) is 12.1 Å². The van der Waals surface area contributed by atoms with Gasteiger partial charge >= 0.3 is 5.97 Å². The first kappa shape index (κ1) is 18.4. The van der Waals surface area contributed by atoms with Crippen LogP contribution in [0.1, 0.15) is 22.3 Å². The molecule has 5 heteroatoms. The van der Waals surface area contributed by atoms with Gasteiger partial charge in [0, 0.05) is 18.7 Å². The summed E-state index contributed by atoms with van der Waals surface area (Å²) in [5, 5.41) is 9.02. The number of hydrogen-bond acceptors (Lipinski definition) is 4. The lowest BCUT2D eigenvalue weighted by atomic mass is 9.99. The summed E-state index contributed by atoms with van der Waals surface area (Å²) in [5.41, 5.74) is 3.46. The number of carboxylic acid groups (broad SMARTS) is 1. The summed E-state index contributed by atoms with van der Waals surface area (Å²) in [6.07, 6.45) is 2.11. The molecule has 0 atom stereocenters. The van der Waals surface area contributed by atoms with Crippen LogP contribution in [0.25, 0.3) is 11.1 Å². The molecule has 5 nitrogen and oxygen atoms in total. The topological polar surface area (TPSA) is 59.0 Å². The highest BCUT2D eigenvalue weighted by atomic mass is 16.5. The summed E-state index contributed by atoms with van der Waals surface area (Å²) in [6, 6.07) is 13.1. The molecule has 1 aliphatic heterocycles. The normalized spacial score (nSPS) is 15.0. The van der Waals surface area contributed by atoms with Crippen molar-refractivity contribution >= 4 is 5.97 Å². The molecule has 1 heterocycles. The maximum Gasteiger partial charge on any atom is 0.335 e. The number of rotatable bonds is 7. The lowest BCUT2D eigenvalue weighted by Crippen LogP contribution is -2.36. The summed E-state index contributed by atoms with van der Waals surface area (Å²) >= 11 is 0. The molecule has 0 spiro atoms. The molecule has 2 aromatic carbocycles. The van der Waals surface area contributed by atoms with Gasteiger partial charge < -0.3 is 14.6 Å². The highest BCUT2D eigenvalue weighted by Gasteiger charge is 2.11. The summed E-state index contributed by atoms with van der Waals surface area (Å²) in [5.74, 6) is -0.101. The minimum Gasteiger partial charge on any atom is -0.496 e. The third-order valence-electron chi connectivity index (χ3n) is 4.75. The first-order chi connectivity index (χ1) is 12.7. The fourth-order valence-corrected chi connectivity index (χ4v) is 3.25. The van der Waals surface area contributed by atoms with E-state index in [-0.39, 0.29) is 5.56 Å². The lowest BCUT2D eigenvalue weighted by molar-refractivity contribution is 0.0374. The van der Waals surface area contributed by atoms with Crippen LogP contribution in [0.15, 0.2) is 42.5 Å². The number of nitrogens with zero attached hydrogens (tertiary/aromatic N) is 1. The van der Waals surface area contributed by atoms with Crippen molar-refractivity contribution in [2.45, 2.75) is 12.8 Å². The zero-order valence-corrected chi connectivity index (χ0v) is 15.1. The van der Waals surface area contributed by atoms with Crippen molar-refractivity contribution in [1.29, 1.82) is 0 Å². The third-order valence-corrected chi connectivity index (χ3v) is 4.75. The van der Waals surface area contributed by atoms with Gasteiger partial charge in [0.2, 0.25) is 0 Å². The van der Waals surface area contributed by atoms with Crippen molar-refractivity contribution < 1.29 is 19.4 Å². The van der Waals surface area contributed by atoms with Gasteiger partial charge in [-0.2, -0.15) is 0 Å². The van der Waals surface area contributed by atoms with Crippen LogP contribution < -0.4 is 4.74 Å². The van der Waals surface area contributed by atoms with E-state index in [9.17, 15) is 4.79 Å². The number of aryl methyl sites for hydroxylation is 1. The van der Waals surface area contributed by atoms with E-state index in [1.54, 1.807) is 19.2 Å². The second kappa shape index (κ2) is 8.83. The average molecular weight is 355 g/mol. The van der Waals surface area contributed by atoms with Gasteiger partial charge in [-0.1, -0.05) is 24.3 Å². The number of benzene rings is 2. The van der Waals surface area contributed by atoms with Crippen molar-refractivity contribution in [3.05, 3.63) is 53.6 Å². The Morgan fingerprint density at radius 3 is 2.54 bits per heavy atom. The second-order valence-electron chi connectivity index (χ2n) is 6.47. The third kappa shape index (κ3) is 4.62. The van der Waals surface area contributed by atoms with Crippen LogP contribution in [-0.2, 0) is 11.2 Å². The predicted octanol–water partition coefficient (Wildman–Crippen LogP) is 3.33. The van der Waals surface area contributed by atoms with Gasteiger partial charge in [-0.15, -0.1) is 0 Å². The maximum absolute atomic E-state index is 11.0. The lowest BCUT2D eigenvalue weighted by Gasteiger charge is -2.26. The molecule has 1 N–H and O–H groups in total. The summed E-state index contributed by atoms with van der Waals surface area (Å²) in [4.78, 5) is 13.4. The molecule has 0 aromatic heterocycles. The fourth-order valence-electron chi connectivity index (χ4n) is 3.25. The van der Waals surface area contributed by atoms with Crippen LogP contribution in [0.2, 0.25) is 0 Å². The van der Waals surface area contributed by atoms with Crippen LogP contribution in [-0.4, -0.2) is 55.9 Å². The molecular weight excluding hydrogens is 330 g/mol. The molecule has 1 saturated heterocycles. The van der Waals surface area contributed by atoms with Crippen LogP contribution >= 0.6 is 0 Å². The van der Waals surface area contributed by atoms with Crippen molar-refractivity contribution in [3.8, 4) is 16.9 Å². The van der Waals surface area contributed by atoms with E-state index in [2.05, 4.69) is 23.1 Å². The number of ether oxygens (including phenoxy) is 2. The van der Waals surface area contributed by atoms with E-state index in [4.69, 9.17) is 14.6 Å². The van der Waals surface area contributed by atoms with Gasteiger partial charge in [-0.05, 0) is 48.7 Å². The van der Waals surface area contributed by atoms with E-state index in [1.165, 1.54) is 5.56 Å². The average Bonchev–Trinajstić information content (AvgIpc) is 2.69. The Morgan fingerprint density at radius 2 is 1.88 bits per heavy atom. The van der Waals surface area contributed by atoms with Gasteiger partial charge in [0.1, 0.15) is 5.75 Å². The van der Waals surface area contributed by atoms with Crippen molar-refractivity contribution in [3.63, 3.8) is 0 Å². The minimum absolute atomic E-state index is 0.285. The van der Waals surface area contributed by atoms with Gasteiger partial charge in [-0.3, -0.25) is 4.90 Å². The molecule has 1 fully saturated rings. The fraction of sp³-hybridized carbons (Fsp3) is 0.381. The van der Waals surface area contributed by atoms with Crippen molar-refractivity contribution in [2.75, 3.05) is 40.0 Å². The number of carbonyl (C=O) groups is 1. The van der Waals surface area contributed by atoms with E-state index < -0.39 is 5.97 Å². The molecular formula is C21H25NO4. The Bertz CT molecular complexity index is 736. The number of morpholine rings is 1. The Labute approximate surface area is 154 Å². The Morgan fingerprint density at radius 1 is 1.15 bits per heavy atom. The summed E-state index contributed by atoms with van der Waals surface area (Å²) in [7, 11) is 1.67. The standard InChI is InChI=1S/C21H25NO4/c1-25-20-15-16(3-2-10-22-11-13-26-14-12-22)4-9-19(20)17-5-7-18(8-6-17)21(23)24/h4-9,15H,2-3,10-14H2,1H3,(H,23,24). The molecule has 0 saturated carbocycles. The minimum atomic E-state index is -0.917. The second-order valence-corrected chi connectivity index (χ2v) is 6.47.